The highest BCUT2D eigenvalue weighted by atomic mass is 16.5. The number of aromatic hydroxyl groups is 1. The van der Waals surface area contributed by atoms with Crippen LogP contribution in [0, 0.1) is 0 Å². The number of benzene rings is 1. The van der Waals surface area contributed by atoms with Crippen LogP contribution in [-0.4, -0.2) is 18.0 Å². The van der Waals surface area contributed by atoms with E-state index in [1.54, 1.807) is 12.1 Å². The van der Waals surface area contributed by atoms with Gasteiger partial charge in [0.1, 0.15) is 17.8 Å². The lowest BCUT2D eigenvalue weighted by atomic mass is 9.99. The minimum Gasteiger partial charge on any atom is -0.508 e. The van der Waals surface area contributed by atoms with Crippen molar-refractivity contribution in [3.05, 3.63) is 23.8 Å². The molecule has 1 heterocycles. The van der Waals surface area contributed by atoms with Gasteiger partial charge in [-0.1, -0.05) is 6.07 Å². The molecule has 13 heavy (non-hydrogen) atoms. The van der Waals surface area contributed by atoms with Gasteiger partial charge in [-0.25, -0.2) is 0 Å². The van der Waals surface area contributed by atoms with Gasteiger partial charge in [0.05, 0.1) is 6.61 Å². The Kier molecular flexibility index (Phi) is 1.93. The van der Waals surface area contributed by atoms with E-state index < -0.39 is 0 Å². The maximum absolute atomic E-state index is 10.3. The molecule has 68 valence electrons. The number of carbonyl (C=O) groups excluding carboxylic acids is 1. The lowest BCUT2D eigenvalue weighted by molar-refractivity contribution is -0.108. The van der Waals surface area contributed by atoms with E-state index in [-0.39, 0.29) is 11.7 Å². The van der Waals surface area contributed by atoms with Crippen LogP contribution in [0.2, 0.25) is 0 Å². The average molecular weight is 178 g/mol. The summed E-state index contributed by atoms with van der Waals surface area (Å²) in [6.07, 6.45) is 1.38. The van der Waals surface area contributed by atoms with E-state index in [0.29, 0.717) is 18.8 Å². The van der Waals surface area contributed by atoms with Gasteiger partial charge in [0.2, 0.25) is 0 Å². The van der Waals surface area contributed by atoms with Gasteiger partial charge >= 0.3 is 0 Å². The van der Waals surface area contributed by atoms with Crippen LogP contribution in [0.15, 0.2) is 18.2 Å². The summed E-state index contributed by atoms with van der Waals surface area (Å²) in [5, 5.41) is 9.16. The molecule has 0 saturated heterocycles. The molecule has 0 aromatic heterocycles. The highest BCUT2D eigenvalue weighted by Crippen LogP contribution is 2.37. The lowest BCUT2D eigenvalue weighted by Gasteiger charge is -2.02. The van der Waals surface area contributed by atoms with Crippen LogP contribution in [0.4, 0.5) is 0 Å². The van der Waals surface area contributed by atoms with Gasteiger partial charge in [-0.15, -0.1) is 0 Å². The Labute approximate surface area is 76.0 Å². The van der Waals surface area contributed by atoms with Crippen molar-refractivity contribution in [2.24, 2.45) is 0 Å². The number of rotatable bonds is 2. The third kappa shape index (κ3) is 1.37. The quantitative estimate of drug-likeness (QED) is 0.697. The predicted octanol–water partition coefficient (Wildman–Crippen LogP) is 1.46. The van der Waals surface area contributed by atoms with Crippen molar-refractivity contribution in [1.29, 1.82) is 0 Å². The minimum atomic E-state index is 0.160. The van der Waals surface area contributed by atoms with Gasteiger partial charge in [-0.3, -0.25) is 0 Å². The normalized spacial score (nSPS) is 19.2. The summed E-state index contributed by atoms with van der Waals surface area (Å²) >= 11 is 0. The van der Waals surface area contributed by atoms with Crippen LogP contribution in [0.1, 0.15) is 17.9 Å². The molecule has 0 bridgehead atoms. The molecule has 1 atom stereocenters. The number of carbonyl (C=O) groups is 1. The van der Waals surface area contributed by atoms with Crippen LogP contribution in [0.3, 0.4) is 0 Å². The zero-order valence-corrected chi connectivity index (χ0v) is 7.06. The average Bonchev–Trinajstić information content (AvgIpc) is 2.49. The second-order valence-corrected chi connectivity index (χ2v) is 3.13. The van der Waals surface area contributed by atoms with Crippen molar-refractivity contribution in [3.63, 3.8) is 0 Å². The summed E-state index contributed by atoms with van der Waals surface area (Å²) in [7, 11) is 0. The minimum absolute atomic E-state index is 0.160. The zero-order valence-electron chi connectivity index (χ0n) is 7.06. The smallest absolute Gasteiger partial charge is 0.126 e. The largest absolute Gasteiger partial charge is 0.508 e. The summed E-state index contributed by atoms with van der Waals surface area (Å²) < 4.78 is 5.33. The Morgan fingerprint density at radius 2 is 2.46 bits per heavy atom. The molecule has 3 heteroatoms. The lowest BCUT2D eigenvalue weighted by Crippen LogP contribution is -2.00. The number of phenols is 1. The molecule has 2 rings (SSSR count). The summed E-state index contributed by atoms with van der Waals surface area (Å²) in [4.78, 5) is 10.3. The topological polar surface area (TPSA) is 46.5 Å². The van der Waals surface area contributed by atoms with Gasteiger partial charge in [0.15, 0.2) is 0 Å². The van der Waals surface area contributed by atoms with Gasteiger partial charge < -0.3 is 14.6 Å². The molecule has 0 saturated carbocycles. The monoisotopic (exact) mass is 178 g/mol. The maximum Gasteiger partial charge on any atom is 0.126 e. The number of aldehydes is 1. The van der Waals surface area contributed by atoms with Crippen LogP contribution in [0.25, 0.3) is 0 Å². The Hall–Kier alpha value is -1.51. The Balaban J connectivity index is 2.32. The molecule has 1 aliphatic rings. The number of fused-ring (bicyclic) bond motifs is 1. The Bertz CT molecular complexity index is 333. The van der Waals surface area contributed by atoms with Gasteiger partial charge in [0.25, 0.3) is 0 Å². The molecule has 1 aromatic rings. The van der Waals surface area contributed by atoms with Crippen LogP contribution < -0.4 is 4.74 Å². The number of hydrogen-bond acceptors (Lipinski definition) is 3. The predicted molar refractivity (Wildman–Crippen MR) is 47.0 cm³/mol. The molecule has 3 nitrogen and oxygen atoms in total. The Morgan fingerprint density at radius 1 is 1.62 bits per heavy atom. The fourth-order valence-electron chi connectivity index (χ4n) is 1.58. The van der Waals surface area contributed by atoms with Gasteiger partial charge in [0, 0.05) is 24.0 Å². The third-order valence-corrected chi connectivity index (χ3v) is 2.26. The molecule has 0 aliphatic carbocycles. The fourth-order valence-corrected chi connectivity index (χ4v) is 1.58. The van der Waals surface area contributed by atoms with E-state index >= 15 is 0 Å². The van der Waals surface area contributed by atoms with Crippen molar-refractivity contribution < 1.29 is 14.6 Å². The standard InChI is InChI=1S/C10H10O3/c11-4-3-7-6-13-10-5-8(12)1-2-9(7)10/h1-2,4-5,7,12H,3,6H2. The highest BCUT2D eigenvalue weighted by molar-refractivity contribution is 5.54. The Morgan fingerprint density at radius 3 is 3.23 bits per heavy atom. The molecular formula is C10H10O3. The summed E-state index contributed by atoms with van der Waals surface area (Å²) in [5.74, 6) is 1.06. The SMILES string of the molecule is O=CCC1COc2cc(O)ccc21. The number of ether oxygens (including phenoxy) is 1. The first kappa shape index (κ1) is 8.10. The summed E-state index contributed by atoms with van der Waals surface area (Å²) in [6, 6.07) is 5.01. The molecule has 0 spiro atoms. The van der Waals surface area contributed by atoms with Crippen molar-refractivity contribution >= 4 is 6.29 Å². The van der Waals surface area contributed by atoms with Gasteiger partial charge in [-0.2, -0.15) is 0 Å². The molecule has 1 aliphatic heterocycles. The van der Waals surface area contributed by atoms with E-state index in [9.17, 15) is 4.79 Å². The number of hydrogen-bond donors (Lipinski definition) is 1. The van der Waals surface area contributed by atoms with Crippen LogP contribution in [-0.2, 0) is 4.79 Å². The fraction of sp³-hybridized carbons (Fsp3) is 0.300. The van der Waals surface area contributed by atoms with E-state index in [1.807, 2.05) is 6.07 Å². The van der Waals surface area contributed by atoms with Crippen molar-refractivity contribution in [3.8, 4) is 11.5 Å². The first-order valence-corrected chi connectivity index (χ1v) is 4.20. The second kappa shape index (κ2) is 3.09. The van der Waals surface area contributed by atoms with E-state index in [2.05, 4.69) is 0 Å². The first-order chi connectivity index (χ1) is 6.31. The zero-order chi connectivity index (χ0) is 9.26. The highest BCUT2D eigenvalue weighted by Gasteiger charge is 2.23. The molecule has 0 radical (unpaired) electrons. The van der Waals surface area contributed by atoms with Crippen molar-refractivity contribution in [2.45, 2.75) is 12.3 Å². The molecule has 1 unspecified atom stereocenters. The molecule has 0 fully saturated rings. The first-order valence-electron chi connectivity index (χ1n) is 4.20. The molecule has 1 aromatic carbocycles. The summed E-state index contributed by atoms with van der Waals surface area (Å²) in [6.45, 7) is 0.539. The third-order valence-electron chi connectivity index (χ3n) is 2.26. The number of phenolic OH excluding ortho intramolecular Hbond substituents is 1. The van der Waals surface area contributed by atoms with Crippen molar-refractivity contribution in [1.82, 2.24) is 0 Å². The van der Waals surface area contributed by atoms with E-state index in [0.717, 1.165) is 11.8 Å². The summed E-state index contributed by atoms with van der Waals surface area (Å²) in [5.41, 5.74) is 1.02. The van der Waals surface area contributed by atoms with E-state index in [1.165, 1.54) is 0 Å². The maximum atomic E-state index is 10.3. The molecule has 0 amide bonds. The second-order valence-electron chi connectivity index (χ2n) is 3.13. The molecule has 1 N–H and O–H groups in total. The van der Waals surface area contributed by atoms with Crippen LogP contribution >= 0.6 is 0 Å². The van der Waals surface area contributed by atoms with Crippen molar-refractivity contribution in [2.75, 3.05) is 6.61 Å². The molecular weight excluding hydrogens is 168 g/mol. The van der Waals surface area contributed by atoms with Gasteiger partial charge in [-0.05, 0) is 6.07 Å². The van der Waals surface area contributed by atoms with E-state index in [4.69, 9.17) is 9.84 Å². The van der Waals surface area contributed by atoms with Crippen LogP contribution in [0.5, 0.6) is 11.5 Å².